The zero-order valence-corrected chi connectivity index (χ0v) is 13.7. The molecule has 2 aromatic rings. The number of aryl methyl sites for hydroxylation is 1. The van der Waals surface area contributed by atoms with Crippen LogP contribution in [0.15, 0.2) is 35.2 Å². The zero-order valence-electron chi connectivity index (χ0n) is 12.1. The molecule has 21 heavy (non-hydrogen) atoms. The fourth-order valence-electron chi connectivity index (χ4n) is 1.92. The topological polar surface area (TPSA) is 83.6 Å². The summed E-state index contributed by atoms with van der Waals surface area (Å²) in [6.07, 6.45) is 0. The third kappa shape index (κ3) is 3.04. The standard InChI is InChI=1S/C14H18N2O3S2/c1-9-4-7-14(20-9)10(2)16(3)21(18,19)11-5-6-13(17)12(15)8-11/h4-8,10,17H,15H2,1-3H3. The Morgan fingerprint density at radius 1 is 1.29 bits per heavy atom. The second-order valence-corrected chi connectivity index (χ2v) is 8.18. The lowest BCUT2D eigenvalue weighted by Crippen LogP contribution is -2.29. The van der Waals surface area contributed by atoms with E-state index >= 15 is 0 Å². The van der Waals surface area contributed by atoms with Crippen LogP contribution >= 0.6 is 11.3 Å². The van der Waals surface area contributed by atoms with Gasteiger partial charge in [-0.3, -0.25) is 0 Å². The molecular formula is C14H18N2O3S2. The van der Waals surface area contributed by atoms with Crippen LogP contribution in [0.1, 0.15) is 22.7 Å². The Hall–Kier alpha value is -1.57. The van der Waals surface area contributed by atoms with Gasteiger partial charge in [0.2, 0.25) is 10.0 Å². The van der Waals surface area contributed by atoms with Crippen molar-refractivity contribution in [2.24, 2.45) is 0 Å². The number of sulfonamides is 1. The molecule has 114 valence electrons. The van der Waals surface area contributed by atoms with Crippen LogP contribution in [0.4, 0.5) is 5.69 Å². The van der Waals surface area contributed by atoms with Gasteiger partial charge in [0.15, 0.2) is 0 Å². The predicted molar refractivity (Wildman–Crippen MR) is 84.9 cm³/mol. The first-order valence-electron chi connectivity index (χ1n) is 6.36. The summed E-state index contributed by atoms with van der Waals surface area (Å²) >= 11 is 1.57. The van der Waals surface area contributed by atoms with Crippen LogP contribution in [-0.2, 0) is 10.0 Å². The molecule has 0 saturated carbocycles. The van der Waals surface area contributed by atoms with E-state index in [1.54, 1.807) is 11.3 Å². The van der Waals surface area contributed by atoms with E-state index in [1.807, 2.05) is 26.0 Å². The van der Waals surface area contributed by atoms with Gasteiger partial charge in [0.05, 0.1) is 16.6 Å². The van der Waals surface area contributed by atoms with E-state index in [9.17, 15) is 13.5 Å². The molecule has 0 radical (unpaired) electrons. The fourth-order valence-corrected chi connectivity index (χ4v) is 4.34. The van der Waals surface area contributed by atoms with Crippen molar-refractivity contribution in [3.8, 4) is 5.75 Å². The second-order valence-electron chi connectivity index (χ2n) is 4.87. The summed E-state index contributed by atoms with van der Waals surface area (Å²) in [5.41, 5.74) is 5.62. The van der Waals surface area contributed by atoms with E-state index in [0.29, 0.717) is 0 Å². The van der Waals surface area contributed by atoms with E-state index in [0.717, 1.165) is 9.75 Å². The molecule has 0 aliphatic rings. The molecule has 0 amide bonds. The Bertz CT molecular complexity index is 753. The monoisotopic (exact) mass is 326 g/mol. The summed E-state index contributed by atoms with van der Waals surface area (Å²) in [5, 5.41) is 9.41. The van der Waals surface area contributed by atoms with Crippen LogP contribution in [-0.4, -0.2) is 24.9 Å². The van der Waals surface area contributed by atoms with Gasteiger partial charge in [-0.15, -0.1) is 11.3 Å². The van der Waals surface area contributed by atoms with E-state index in [2.05, 4.69) is 0 Å². The maximum Gasteiger partial charge on any atom is 0.243 e. The van der Waals surface area contributed by atoms with E-state index in [1.165, 1.54) is 29.6 Å². The normalized spacial score (nSPS) is 13.5. The molecule has 0 bridgehead atoms. The predicted octanol–water partition coefficient (Wildman–Crippen LogP) is 2.73. The van der Waals surface area contributed by atoms with E-state index in [-0.39, 0.29) is 22.4 Å². The lowest BCUT2D eigenvalue weighted by atomic mass is 10.3. The van der Waals surface area contributed by atoms with Gasteiger partial charge < -0.3 is 10.8 Å². The summed E-state index contributed by atoms with van der Waals surface area (Å²) in [7, 11) is -2.13. The lowest BCUT2D eigenvalue weighted by molar-refractivity contribution is 0.403. The van der Waals surface area contributed by atoms with E-state index in [4.69, 9.17) is 5.73 Å². The minimum atomic E-state index is -3.67. The Labute approximate surface area is 128 Å². The SMILES string of the molecule is Cc1ccc(C(C)N(C)S(=O)(=O)c2ccc(O)c(N)c2)s1. The number of hydrogen-bond acceptors (Lipinski definition) is 5. The molecule has 0 aliphatic carbocycles. The molecule has 0 spiro atoms. The summed E-state index contributed by atoms with van der Waals surface area (Å²) in [6, 6.07) is 7.54. The van der Waals surface area contributed by atoms with Crippen molar-refractivity contribution in [3.63, 3.8) is 0 Å². The first kappa shape index (κ1) is 15.8. The second kappa shape index (κ2) is 5.67. The fraction of sp³-hybridized carbons (Fsp3) is 0.286. The zero-order chi connectivity index (χ0) is 15.8. The van der Waals surface area contributed by atoms with Crippen LogP contribution < -0.4 is 5.73 Å². The Morgan fingerprint density at radius 3 is 2.48 bits per heavy atom. The Morgan fingerprint density at radius 2 is 1.95 bits per heavy atom. The molecule has 1 atom stereocenters. The molecule has 0 aliphatic heterocycles. The Balaban J connectivity index is 2.36. The molecule has 3 N–H and O–H groups in total. The number of nitrogens with two attached hydrogens (primary N) is 1. The number of benzene rings is 1. The van der Waals surface area contributed by atoms with Gasteiger partial charge in [-0.1, -0.05) is 0 Å². The molecule has 7 heteroatoms. The first-order chi connectivity index (χ1) is 9.73. The van der Waals surface area contributed by atoms with Gasteiger partial charge in [-0.25, -0.2) is 8.42 Å². The van der Waals surface area contributed by atoms with Gasteiger partial charge in [0, 0.05) is 16.8 Å². The number of nitrogen functional groups attached to an aromatic ring is 1. The first-order valence-corrected chi connectivity index (χ1v) is 8.62. The van der Waals surface area contributed by atoms with Crippen molar-refractivity contribution in [2.45, 2.75) is 24.8 Å². The van der Waals surface area contributed by atoms with Crippen molar-refractivity contribution in [2.75, 3.05) is 12.8 Å². The highest BCUT2D eigenvalue weighted by Gasteiger charge is 2.27. The van der Waals surface area contributed by atoms with Gasteiger partial charge in [-0.05, 0) is 44.2 Å². The van der Waals surface area contributed by atoms with Crippen molar-refractivity contribution in [1.29, 1.82) is 0 Å². The van der Waals surface area contributed by atoms with E-state index < -0.39 is 10.0 Å². The maximum absolute atomic E-state index is 12.6. The molecule has 2 rings (SSSR count). The number of thiophene rings is 1. The summed E-state index contributed by atoms with van der Waals surface area (Å²) < 4.78 is 26.5. The van der Waals surface area contributed by atoms with Crippen LogP contribution in [0, 0.1) is 6.92 Å². The average Bonchev–Trinajstić information content (AvgIpc) is 2.86. The van der Waals surface area contributed by atoms with Crippen LogP contribution in [0.5, 0.6) is 5.75 Å². The smallest absolute Gasteiger partial charge is 0.243 e. The molecule has 1 aromatic carbocycles. The third-order valence-corrected chi connectivity index (χ3v) is 6.49. The molecule has 1 unspecified atom stereocenters. The third-order valence-electron chi connectivity index (χ3n) is 3.39. The highest BCUT2D eigenvalue weighted by Crippen LogP contribution is 2.31. The van der Waals surface area contributed by atoms with Gasteiger partial charge in [0.25, 0.3) is 0 Å². The number of nitrogens with zero attached hydrogens (tertiary/aromatic N) is 1. The number of aromatic hydroxyl groups is 1. The van der Waals surface area contributed by atoms with Crippen LogP contribution in [0.25, 0.3) is 0 Å². The number of anilines is 1. The minimum Gasteiger partial charge on any atom is -0.506 e. The van der Waals surface area contributed by atoms with Gasteiger partial charge in [0.1, 0.15) is 5.75 Å². The molecule has 1 heterocycles. The largest absolute Gasteiger partial charge is 0.506 e. The Kier molecular flexibility index (Phi) is 4.27. The summed E-state index contributed by atoms with van der Waals surface area (Å²) in [6.45, 7) is 3.82. The van der Waals surface area contributed by atoms with Crippen molar-refractivity contribution < 1.29 is 13.5 Å². The number of phenolic OH excluding ortho intramolecular Hbond substituents is 1. The maximum atomic E-state index is 12.6. The van der Waals surface area contributed by atoms with Crippen LogP contribution in [0.2, 0.25) is 0 Å². The molecule has 0 saturated heterocycles. The average molecular weight is 326 g/mol. The quantitative estimate of drug-likeness (QED) is 0.668. The van der Waals surface area contributed by atoms with Crippen LogP contribution in [0.3, 0.4) is 0 Å². The molecule has 0 fully saturated rings. The molecule has 5 nitrogen and oxygen atoms in total. The van der Waals surface area contributed by atoms with Crippen molar-refractivity contribution in [3.05, 3.63) is 40.1 Å². The highest BCUT2D eigenvalue weighted by molar-refractivity contribution is 7.89. The van der Waals surface area contributed by atoms with Crippen molar-refractivity contribution >= 4 is 27.0 Å². The summed E-state index contributed by atoms with van der Waals surface area (Å²) in [4.78, 5) is 2.18. The number of hydrogen-bond donors (Lipinski definition) is 2. The number of phenols is 1. The summed E-state index contributed by atoms with van der Waals surface area (Å²) in [5.74, 6) is -0.126. The molecular weight excluding hydrogens is 308 g/mol. The minimum absolute atomic E-state index is 0.0455. The number of rotatable bonds is 4. The van der Waals surface area contributed by atoms with Gasteiger partial charge in [-0.2, -0.15) is 4.31 Å². The molecule has 1 aromatic heterocycles. The highest BCUT2D eigenvalue weighted by atomic mass is 32.2. The lowest BCUT2D eigenvalue weighted by Gasteiger charge is -2.23. The van der Waals surface area contributed by atoms with Gasteiger partial charge >= 0.3 is 0 Å². The van der Waals surface area contributed by atoms with Crippen molar-refractivity contribution in [1.82, 2.24) is 4.31 Å².